The number of hydrogen-bond donors (Lipinski definition) is 1. The monoisotopic (exact) mass is 145 g/mol. The molecule has 0 heterocycles. The number of benzene rings is 1. The number of rotatable bonds is 3. The number of hydrogen-bond acceptors (Lipinski definition) is 1. The first-order chi connectivity index (χ1) is 8.87. The number of nitrogens with two attached hydrogens (primary N) is 1. The van der Waals surface area contributed by atoms with Gasteiger partial charge in [-0.15, -0.1) is 0 Å². The molecule has 1 heteroatoms. The first-order valence-electron chi connectivity index (χ1n) is 7.61. The van der Waals surface area contributed by atoms with Crippen molar-refractivity contribution in [2.24, 2.45) is 5.72 Å². The summed E-state index contributed by atoms with van der Waals surface area (Å²) in [5, 5.41) is 0. The van der Waals surface area contributed by atoms with Gasteiger partial charge in [0.15, 0.2) is 0 Å². The van der Waals surface area contributed by atoms with Crippen LogP contribution in [0.5, 0.6) is 0 Å². The molecule has 0 aliphatic carbocycles. The quantitative estimate of drug-likeness (QED) is 0.686. The van der Waals surface area contributed by atoms with E-state index in [1.807, 2.05) is 0 Å². The molecule has 1 rings (SSSR count). The van der Waals surface area contributed by atoms with E-state index in [0.717, 1.165) is 6.07 Å². The van der Waals surface area contributed by atoms with Gasteiger partial charge < -0.3 is 5.72 Å². The summed E-state index contributed by atoms with van der Waals surface area (Å²) in [6.45, 7) is -3.30. The van der Waals surface area contributed by atoms with Crippen LogP contribution in [0.3, 0.4) is 0 Å². The lowest BCUT2D eigenvalue weighted by Crippen LogP contribution is -2.17. The summed E-state index contributed by atoms with van der Waals surface area (Å²) in [5.41, 5.74) is -1.03. The largest absolute Gasteiger partial charge is 0.328 e. The predicted octanol–water partition coefficient (Wildman–Crippen LogP) is 1.58. The average Bonchev–Trinajstić information content (AvgIpc) is 2.29. The van der Waals surface area contributed by atoms with Gasteiger partial charge in [-0.1, -0.05) is 30.3 Å². The third-order valence-electron chi connectivity index (χ3n) is 0.902. The van der Waals surface area contributed by atoms with Crippen LogP contribution in [0.1, 0.15) is 23.4 Å². The molecule has 1 unspecified atom stereocenters. The molecule has 0 aliphatic rings. The van der Waals surface area contributed by atoms with E-state index < -0.39 is 36.6 Å². The predicted molar refractivity (Wildman–Crippen MR) is 43.8 cm³/mol. The van der Waals surface area contributed by atoms with Gasteiger partial charge in [0.05, 0.1) is 2.74 Å². The fourth-order valence-corrected chi connectivity index (χ4v) is 0.554. The van der Waals surface area contributed by atoms with Crippen LogP contribution in [0, 0.1) is 0 Å². The van der Waals surface area contributed by atoms with Gasteiger partial charge in [-0.2, -0.15) is 0 Å². The molecule has 0 fully saturated rings. The summed E-state index contributed by atoms with van der Waals surface area (Å²) in [4.78, 5) is 0. The average molecular weight is 145 g/mol. The zero-order valence-corrected chi connectivity index (χ0v) is 5.18. The molecule has 1 aromatic carbocycles. The molecule has 54 valence electrons. The summed E-state index contributed by atoms with van der Waals surface area (Å²) in [6.07, 6.45) is -3.02. The Morgan fingerprint density at radius 3 is 3.90 bits per heavy atom. The van der Waals surface area contributed by atoms with Crippen LogP contribution in [-0.2, 0) is 6.37 Å². The topological polar surface area (TPSA) is 26.0 Å². The lowest BCUT2D eigenvalue weighted by atomic mass is 10.1. The van der Waals surface area contributed by atoms with Gasteiger partial charge in [-0.3, -0.25) is 0 Å². The van der Waals surface area contributed by atoms with E-state index in [9.17, 15) is 0 Å². The van der Waals surface area contributed by atoms with Gasteiger partial charge in [0.2, 0.25) is 0 Å². The summed E-state index contributed by atoms with van der Waals surface area (Å²) < 4.78 is 74.7. The van der Waals surface area contributed by atoms with Gasteiger partial charge in [0, 0.05) is 14.2 Å². The van der Waals surface area contributed by atoms with Crippen molar-refractivity contribution in [2.75, 3.05) is 0 Å². The Labute approximate surface area is 76.0 Å². The highest BCUT2D eigenvalue weighted by atomic mass is 14.6. The molecule has 0 aromatic heterocycles. The Balaban J connectivity index is 3.58. The second kappa shape index (κ2) is 3.37. The summed E-state index contributed by atoms with van der Waals surface area (Å²) in [6, 6.07) is -0.572. The van der Waals surface area contributed by atoms with Gasteiger partial charge in [-0.05, 0) is 18.8 Å². The highest BCUT2D eigenvalue weighted by Crippen LogP contribution is 2.00. The van der Waals surface area contributed by atoms with Crippen molar-refractivity contribution in [1.82, 2.24) is 0 Å². The summed E-state index contributed by atoms with van der Waals surface area (Å²) in [7, 11) is 0. The van der Waals surface area contributed by atoms with Crippen LogP contribution in [0.15, 0.2) is 30.3 Å². The summed E-state index contributed by atoms with van der Waals surface area (Å²) >= 11 is 0. The maximum atomic E-state index is 7.88. The van der Waals surface area contributed by atoms with Crippen LogP contribution in [0.2, 0.25) is 2.82 Å². The van der Waals surface area contributed by atoms with Crippen molar-refractivity contribution in [1.29, 1.82) is 0 Å². The van der Waals surface area contributed by atoms with Gasteiger partial charge >= 0.3 is 0 Å². The van der Waals surface area contributed by atoms with E-state index in [-0.39, 0.29) is 6.04 Å². The minimum absolute atomic E-state index is 0.333. The molecule has 0 saturated heterocycles. The fourth-order valence-electron chi connectivity index (χ4n) is 0.554. The molecule has 1 nitrogen and oxygen atoms in total. The zero-order valence-electron chi connectivity index (χ0n) is 15.2. The first kappa shape index (κ1) is 1.67. The third-order valence-corrected chi connectivity index (χ3v) is 0.902. The molecule has 0 spiro atoms. The van der Waals surface area contributed by atoms with Crippen LogP contribution in [0.25, 0.3) is 0 Å². The molecule has 0 aliphatic heterocycles. The van der Waals surface area contributed by atoms with E-state index in [2.05, 4.69) is 0 Å². The van der Waals surface area contributed by atoms with Crippen molar-refractivity contribution in [3.63, 3.8) is 0 Å². The van der Waals surface area contributed by atoms with Crippen molar-refractivity contribution in [3.8, 4) is 0 Å². The second-order valence-electron chi connectivity index (χ2n) is 1.68. The molecule has 0 saturated carbocycles. The van der Waals surface area contributed by atoms with Gasteiger partial charge in [0.25, 0.3) is 0 Å². The third kappa shape index (κ3) is 2.19. The molecule has 2 N–H and O–H groups in total. The summed E-state index contributed by atoms with van der Waals surface area (Å²) in [5.74, 6) is 0. The molecule has 0 bridgehead atoms. The maximum absolute atomic E-state index is 7.88. The van der Waals surface area contributed by atoms with Crippen LogP contribution in [0.4, 0.5) is 0 Å². The Kier molecular flexibility index (Phi) is 0.563. The van der Waals surface area contributed by atoms with E-state index in [1.54, 1.807) is 0 Å². The second-order valence-corrected chi connectivity index (χ2v) is 1.68. The maximum Gasteiger partial charge on any atom is 0.119 e. The van der Waals surface area contributed by atoms with E-state index in [0.29, 0.717) is 0 Å². The van der Waals surface area contributed by atoms with Crippen molar-refractivity contribution >= 4 is 0 Å². The zero-order chi connectivity index (χ0) is 15.9. The van der Waals surface area contributed by atoms with Crippen molar-refractivity contribution in [3.05, 3.63) is 35.8 Å². The fraction of sp³-hybridized carbons (Fsp3) is 0.333. The van der Waals surface area contributed by atoms with Crippen molar-refractivity contribution < 1.29 is 13.8 Å². The van der Waals surface area contributed by atoms with Crippen LogP contribution < -0.4 is 5.72 Å². The van der Waals surface area contributed by atoms with E-state index in [1.165, 1.54) is 12.1 Å². The highest BCUT2D eigenvalue weighted by molar-refractivity contribution is 5.15. The van der Waals surface area contributed by atoms with E-state index >= 15 is 0 Å². The molecule has 0 amide bonds. The van der Waals surface area contributed by atoms with Crippen LogP contribution in [-0.4, -0.2) is 6.02 Å². The minimum Gasteiger partial charge on any atom is -0.328 e. The lowest BCUT2D eigenvalue weighted by Gasteiger charge is -2.02. The SMILES string of the molecule is [2H]c1cccc(C([2H])([2H])C([2H])(N([2H])[2H])C([2H])([2H])[2H])c1[2H]. The molecular weight excluding hydrogens is 122 g/mol. The van der Waals surface area contributed by atoms with Gasteiger partial charge in [0.1, 0.15) is 2.82 Å². The Hall–Kier alpha value is -0.820. The normalized spacial score (nSPS) is 33.7. The molecule has 0 radical (unpaired) electrons. The minimum atomic E-state index is -3.30. The molecular formula is C9H13N. The Morgan fingerprint density at radius 1 is 2.10 bits per heavy atom. The molecule has 1 aromatic rings. The Morgan fingerprint density at radius 2 is 3.10 bits per heavy atom. The van der Waals surface area contributed by atoms with Crippen molar-refractivity contribution in [2.45, 2.75) is 19.2 Å². The lowest BCUT2D eigenvalue weighted by molar-refractivity contribution is 0.738. The standard InChI is InChI=1S/C9H13N/c1-8(10)7-9-5-3-2-4-6-9/h2-6,8H,7,10H2,1H3/i1D3,3D,5D,7D2,8D/hD2. The van der Waals surface area contributed by atoms with Crippen LogP contribution >= 0.6 is 0 Å². The van der Waals surface area contributed by atoms with Gasteiger partial charge in [-0.25, -0.2) is 0 Å². The highest BCUT2D eigenvalue weighted by Gasteiger charge is 1.94. The molecule has 1 atom stereocenters. The smallest absolute Gasteiger partial charge is 0.119 e. The first-order valence-corrected chi connectivity index (χ1v) is 2.72. The Bertz CT molecular complexity index is 496. The molecule has 10 heavy (non-hydrogen) atoms. The van der Waals surface area contributed by atoms with E-state index in [4.69, 9.17) is 13.8 Å².